The molecule has 0 amide bonds. The molecule has 0 bridgehead atoms. The molecule has 2 heterocycles. The van der Waals surface area contributed by atoms with Crippen LogP contribution in [0.15, 0.2) is 63.5 Å². The third-order valence-corrected chi connectivity index (χ3v) is 6.61. The van der Waals surface area contributed by atoms with Crippen molar-refractivity contribution in [3.05, 3.63) is 90.1 Å². The number of carbonyl (C=O) groups is 1. The van der Waals surface area contributed by atoms with Crippen LogP contribution in [0.1, 0.15) is 36.6 Å². The molecule has 2 aromatic carbocycles. The van der Waals surface area contributed by atoms with Crippen molar-refractivity contribution < 1.29 is 19.0 Å². The van der Waals surface area contributed by atoms with E-state index in [1.807, 2.05) is 37.3 Å². The van der Waals surface area contributed by atoms with E-state index in [0.717, 1.165) is 11.1 Å². The van der Waals surface area contributed by atoms with E-state index in [-0.39, 0.29) is 12.2 Å². The first-order chi connectivity index (χ1) is 16.4. The number of benzene rings is 2. The van der Waals surface area contributed by atoms with Gasteiger partial charge in [0.1, 0.15) is 17.5 Å². The average Bonchev–Trinajstić information content (AvgIpc) is 3.13. The topological polar surface area (TPSA) is 79.1 Å². The number of nitrogens with zero attached hydrogens (tertiary/aromatic N) is 2. The fourth-order valence-electron chi connectivity index (χ4n) is 3.94. The highest BCUT2D eigenvalue weighted by molar-refractivity contribution is 7.07. The Morgan fingerprint density at radius 2 is 1.85 bits per heavy atom. The van der Waals surface area contributed by atoms with Gasteiger partial charge in [0.15, 0.2) is 4.80 Å². The third kappa shape index (κ3) is 4.28. The minimum Gasteiger partial charge on any atom is -0.497 e. The van der Waals surface area contributed by atoms with Gasteiger partial charge in [-0.2, -0.15) is 0 Å². The van der Waals surface area contributed by atoms with E-state index in [0.29, 0.717) is 37.7 Å². The van der Waals surface area contributed by atoms with Crippen LogP contribution in [0.3, 0.4) is 0 Å². The van der Waals surface area contributed by atoms with Crippen molar-refractivity contribution in [3.63, 3.8) is 0 Å². The lowest BCUT2D eigenvalue weighted by Crippen LogP contribution is -2.40. The molecule has 1 aliphatic heterocycles. The number of esters is 1. The van der Waals surface area contributed by atoms with E-state index >= 15 is 0 Å². The molecule has 1 aromatic heterocycles. The molecule has 0 spiro atoms. The Hall–Kier alpha value is -3.65. The zero-order valence-electron chi connectivity index (χ0n) is 19.7. The maximum absolute atomic E-state index is 13.7. The zero-order valence-corrected chi connectivity index (χ0v) is 20.6. The minimum absolute atomic E-state index is 0.208. The molecule has 1 atom stereocenters. The average molecular weight is 479 g/mol. The van der Waals surface area contributed by atoms with E-state index < -0.39 is 12.0 Å². The van der Waals surface area contributed by atoms with Gasteiger partial charge < -0.3 is 14.2 Å². The van der Waals surface area contributed by atoms with Crippen LogP contribution in [0, 0.1) is 6.92 Å². The highest BCUT2D eigenvalue weighted by atomic mass is 32.1. The van der Waals surface area contributed by atoms with E-state index in [9.17, 15) is 9.59 Å². The second-order valence-corrected chi connectivity index (χ2v) is 8.83. The molecule has 0 saturated carbocycles. The van der Waals surface area contributed by atoms with Crippen LogP contribution in [0.25, 0.3) is 6.08 Å². The molecule has 0 radical (unpaired) electrons. The number of fused-ring (bicyclic) bond motifs is 1. The molecule has 4 rings (SSSR count). The Bertz CT molecular complexity index is 1450. The van der Waals surface area contributed by atoms with Crippen molar-refractivity contribution in [2.24, 2.45) is 4.99 Å². The molecular formula is C26H26N2O5S. The number of methoxy groups -OCH3 is 2. The van der Waals surface area contributed by atoms with Crippen molar-refractivity contribution in [2.45, 2.75) is 26.8 Å². The highest BCUT2D eigenvalue weighted by Crippen LogP contribution is 2.37. The molecule has 8 heteroatoms. The molecule has 34 heavy (non-hydrogen) atoms. The standard InChI is InChI=1S/C26H26N2O5S/c1-6-33-25(30)22-16(3)27-26-28(23(22)19-12-11-18(31-4)14-20(19)32-5)24(29)21(34-26)13-17-9-7-15(2)8-10-17/h7-14,23H,6H2,1-5H3. The Labute approximate surface area is 201 Å². The monoisotopic (exact) mass is 478 g/mol. The first-order valence-corrected chi connectivity index (χ1v) is 11.7. The van der Waals surface area contributed by atoms with Crippen LogP contribution in [0.4, 0.5) is 0 Å². The van der Waals surface area contributed by atoms with E-state index in [2.05, 4.69) is 4.99 Å². The summed E-state index contributed by atoms with van der Waals surface area (Å²) in [7, 11) is 3.11. The van der Waals surface area contributed by atoms with Gasteiger partial charge in [-0.15, -0.1) is 0 Å². The Kier molecular flexibility index (Phi) is 6.70. The Morgan fingerprint density at radius 1 is 1.12 bits per heavy atom. The Balaban J connectivity index is 1.99. The predicted octanol–water partition coefficient (Wildman–Crippen LogP) is 3.12. The van der Waals surface area contributed by atoms with Crippen molar-refractivity contribution in [1.29, 1.82) is 0 Å². The summed E-state index contributed by atoms with van der Waals surface area (Å²) in [5.41, 5.74) is 3.27. The number of ether oxygens (including phenoxy) is 3. The number of aryl methyl sites for hydroxylation is 1. The number of hydrogen-bond donors (Lipinski definition) is 0. The predicted molar refractivity (Wildman–Crippen MR) is 131 cm³/mol. The fourth-order valence-corrected chi connectivity index (χ4v) is 4.99. The van der Waals surface area contributed by atoms with Gasteiger partial charge in [0.25, 0.3) is 5.56 Å². The van der Waals surface area contributed by atoms with E-state index in [4.69, 9.17) is 14.2 Å². The number of rotatable bonds is 6. The molecule has 3 aromatic rings. The minimum atomic E-state index is -0.753. The quantitative estimate of drug-likeness (QED) is 0.509. The van der Waals surface area contributed by atoms with Gasteiger partial charge in [-0.3, -0.25) is 9.36 Å². The van der Waals surface area contributed by atoms with Crippen LogP contribution in [0.2, 0.25) is 0 Å². The molecule has 1 unspecified atom stereocenters. The molecule has 0 N–H and O–H groups in total. The lowest BCUT2D eigenvalue weighted by molar-refractivity contribution is -0.139. The summed E-state index contributed by atoms with van der Waals surface area (Å²) >= 11 is 1.29. The number of hydrogen-bond acceptors (Lipinski definition) is 7. The summed E-state index contributed by atoms with van der Waals surface area (Å²) in [5, 5.41) is 0. The fraction of sp³-hybridized carbons (Fsp3) is 0.269. The molecule has 0 fully saturated rings. The first kappa shape index (κ1) is 23.5. The SMILES string of the molecule is CCOC(=O)C1=C(C)N=c2sc(=Cc3ccc(C)cc3)c(=O)n2C1c1ccc(OC)cc1OC. The van der Waals surface area contributed by atoms with Gasteiger partial charge in [0.2, 0.25) is 0 Å². The number of thiazole rings is 1. The maximum atomic E-state index is 13.7. The Morgan fingerprint density at radius 3 is 2.50 bits per heavy atom. The van der Waals surface area contributed by atoms with E-state index in [1.54, 1.807) is 50.8 Å². The summed E-state index contributed by atoms with van der Waals surface area (Å²) in [5.74, 6) is 0.583. The van der Waals surface area contributed by atoms with Crippen LogP contribution < -0.4 is 24.4 Å². The van der Waals surface area contributed by atoms with Gasteiger partial charge in [-0.05, 0) is 44.5 Å². The van der Waals surface area contributed by atoms with Crippen molar-refractivity contribution in [2.75, 3.05) is 20.8 Å². The summed E-state index contributed by atoms with van der Waals surface area (Å²) < 4.78 is 18.4. The summed E-state index contributed by atoms with van der Waals surface area (Å²) in [6.07, 6.45) is 1.84. The van der Waals surface area contributed by atoms with Crippen LogP contribution in [-0.2, 0) is 9.53 Å². The van der Waals surface area contributed by atoms with Crippen molar-refractivity contribution in [1.82, 2.24) is 4.57 Å². The second-order valence-electron chi connectivity index (χ2n) is 7.82. The molecular weight excluding hydrogens is 452 g/mol. The van der Waals surface area contributed by atoms with Gasteiger partial charge in [0.05, 0.1) is 36.6 Å². The highest BCUT2D eigenvalue weighted by Gasteiger charge is 2.35. The lowest BCUT2D eigenvalue weighted by atomic mass is 9.95. The first-order valence-electron chi connectivity index (χ1n) is 10.9. The van der Waals surface area contributed by atoms with Crippen LogP contribution in [-0.4, -0.2) is 31.4 Å². The van der Waals surface area contributed by atoms with Crippen molar-refractivity contribution >= 4 is 23.4 Å². The molecule has 1 aliphatic rings. The second kappa shape index (κ2) is 9.69. The lowest BCUT2D eigenvalue weighted by Gasteiger charge is -2.26. The molecule has 176 valence electrons. The van der Waals surface area contributed by atoms with Crippen LogP contribution >= 0.6 is 11.3 Å². The molecule has 0 saturated heterocycles. The zero-order chi connectivity index (χ0) is 24.4. The van der Waals surface area contributed by atoms with Gasteiger partial charge in [-0.1, -0.05) is 41.2 Å². The molecule has 0 aliphatic carbocycles. The maximum Gasteiger partial charge on any atom is 0.338 e. The smallest absolute Gasteiger partial charge is 0.338 e. The number of allylic oxidation sites excluding steroid dienone is 1. The number of carbonyl (C=O) groups excluding carboxylic acids is 1. The largest absolute Gasteiger partial charge is 0.497 e. The summed E-state index contributed by atoms with van der Waals surface area (Å²) in [4.78, 5) is 31.8. The van der Waals surface area contributed by atoms with Crippen LogP contribution in [0.5, 0.6) is 11.5 Å². The normalized spacial score (nSPS) is 15.6. The third-order valence-electron chi connectivity index (χ3n) is 5.63. The van der Waals surface area contributed by atoms with E-state index in [1.165, 1.54) is 11.3 Å². The number of aromatic nitrogens is 1. The van der Waals surface area contributed by atoms with Gasteiger partial charge >= 0.3 is 5.97 Å². The van der Waals surface area contributed by atoms with Crippen molar-refractivity contribution in [3.8, 4) is 11.5 Å². The summed E-state index contributed by atoms with van der Waals surface area (Å²) in [6.45, 7) is 5.72. The van der Waals surface area contributed by atoms with Gasteiger partial charge in [0, 0.05) is 11.6 Å². The molecule has 7 nitrogen and oxygen atoms in total. The van der Waals surface area contributed by atoms with Gasteiger partial charge in [-0.25, -0.2) is 9.79 Å². The summed E-state index contributed by atoms with van der Waals surface area (Å²) in [6, 6.07) is 12.5.